The number of fused-ring (bicyclic) bond motifs is 6. The molecule has 8 atom stereocenters. The van der Waals surface area contributed by atoms with E-state index in [0.29, 0.717) is 22.5 Å². The van der Waals surface area contributed by atoms with Crippen molar-refractivity contribution < 1.29 is 4.79 Å². The molecule has 1 nitrogen and oxygen atoms in total. The van der Waals surface area contributed by atoms with E-state index in [0.717, 1.165) is 48.3 Å². The maximum atomic E-state index is 13.0. The van der Waals surface area contributed by atoms with Gasteiger partial charge in [-0.05, 0) is 104 Å². The van der Waals surface area contributed by atoms with E-state index >= 15 is 0 Å². The molecule has 0 aliphatic heterocycles. The molecule has 1 heteroatoms. The highest BCUT2D eigenvalue weighted by Gasteiger charge is 2.54. The molecule has 0 saturated heterocycles. The Bertz CT molecular complexity index is 577. The fourth-order valence-corrected chi connectivity index (χ4v) is 9.11. The first-order valence-corrected chi connectivity index (χ1v) is 12.8. The van der Waals surface area contributed by atoms with Crippen LogP contribution in [-0.4, -0.2) is 5.78 Å². The molecule has 0 aromatic heterocycles. The highest BCUT2D eigenvalue weighted by atomic mass is 16.1. The van der Waals surface area contributed by atoms with Gasteiger partial charge < -0.3 is 0 Å². The van der Waals surface area contributed by atoms with Crippen LogP contribution in [0.2, 0.25) is 0 Å². The van der Waals surface area contributed by atoms with Gasteiger partial charge in [0.25, 0.3) is 0 Å². The van der Waals surface area contributed by atoms with Crippen LogP contribution in [0.25, 0.3) is 0 Å². The van der Waals surface area contributed by atoms with Gasteiger partial charge in [-0.1, -0.05) is 47.5 Å². The minimum Gasteiger partial charge on any atom is -0.300 e. The number of rotatable bonds is 7. The molecule has 28 heavy (non-hydrogen) atoms. The van der Waals surface area contributed by atoms with E-state index in [9.17, 15) is 4.79 Å². The summed E-state index contributed by atoms with van der Waals surface area (Å²) in [5.74, 6) is 6.67. The summed E-state index contributed by atoms with van der Waals surface area (Å²) in [5.41, 5.74) is 0.932. The fourth-order valence-electron chi connectivity index (χ4n) is 9.11. The zero-order valence-electron chi connectivity index (χ0n) is 19.4. The Morgan fingerprint density at radius 3 is 2.39 bits per heavy atom. The van der Waals surface area contributed by atoms with Crippen LogP contribution < -0.4 is 0 Å². The Kier molecular flexibility index (Phi) is 5.78. The third-order valence-corrected chi connectivity index (χ3v) is 10.9. The van der Waals surface area contributed by atoms with E-state index in [1.54, 1.807) is 0 Å². The van der Waals surface area contributed by atoms with Crippen LogP contribution in [0.5, 0.6) is 0 Å². The molecule has 0 amide bonds. The van der Waals surface area contributed by atoms with Crippen LogP contribution in [0, 0.1) is 52.3 Å². The lowest BCUT2D eigenvalue weighted by Gasteiger charge is -2.60. The second kappa shape index (κ2) is 7.73. The summed E-state index contributed by atoms with van der Waals surface area (Å²) in [7, 11) is 0. The summed E-state index contributed by atoms with van der Waals surface area (Å²) < 4.78 is 0. The molecule has 6 saturated carbocycles. The highest BCUT2D eigenvalue weighted by Crippen LogP contribution is 2.64. The van der Waals surface area contributed by atoms with Crippen molar-refractivity contribution in [3.63, 3.8) is 0 Å². The number of hydrogen-bond acceptors (Lipinski definition) is 1. The van der Waals surface area contributed by atoms with Gasteiger partial charge in [-0.2, -0.15) is 0 Å². The van der Waals surface area contributed by atoms with E-state index in [-0.39, 0.29) is 0 Å². The van der Waals surface area contributed by atoms with Crippen molar-refractivity contribution in [3.05, 3.63) is 0 Å². The summed E-state index contributed by atoms with van der Waals surface area (Å²) in [6, 6.07) is 0. The zero-order chi connectivity index (χ0) is 20.1. The number of Topliss-reactive ketones (excluding diaryl/α,β-unsaturated/α-hetero) is 1. The Hall–Kier alpha value is -0.330. The molecule has 0 aromatic rings. The molecule has 6 aliphatic carbocycles. The molecule has 0 radical (unpaired) electrons. The third kappa shape index (κ3) is 3.41. The molecule has 4 bridgehead atoms. The van der Waals surface area contributed by atoms with Gasteiger partial charge in [0.1, 0.15) is 5.78 Å². The van der Waals surface area contributed by atoms with Gasteiger partial charge in [-0.15, -0.1) is 0 Å². The summed E-state index contributed by atoms with van der Waals surface area (Å²) >= 11 is 0. The predicted octanol–water partition coefficient (Wildman–Crippen LogP) is 7.68. The maximum Gasteiger partial charge on any atom is 0.133 e. The van der Waals surface area contributed by atoms with Gasteiger partial charge in [-0.25, -0.2) is 0 Å². The van der Waals surface area contributed by atoms with Crippen LogP contribution in [0.15, 0.2) is 0 Å². The standard InChI is InChI=1S/C27H46O/c1-6-23-19-8-11-25(24(23)7-2)20(15-19)16-22(28)10-9-21-14-18-12-13-27(21,5)26(3,4)17-18/h18-21,23-25H,6-17H2,1-5H3. The number of carbonyl (C=O) groups excluding carboxylic acids is 1. The average Bonchev–Trinajstić information content (AvgIpc) is 2.66. The first-order valence-electron chi connectivity index (χ1n) is 12.8. The lowest BCUT2D eigenvalue weighted by Crippen LogP contribution is -2.51. The van der Waals surface area contributed by atoms with Gasteiger partial charge in [0.05, 0.1) is 0 Å². The lowest BCUT2D eigenvalue weighted by atomic mass is 9.44. The topological polar surface area (TPSA) is 17.1 Å². The van der Waals surface area contributed by atoms with Gasteiger partial charge in [-0.3, -0.25) is 4.79 Å². The molecular weight excluding hydrogens is 340 g/mol. The molecule has 0 N–H and O–H groups in total. The molecule has 6 fully saturated rings. The molecule has 6 aliphatic rings. The van der Waals surface area contributed by atoms with Crippen LogP contribution in [0.3, 0.4) is 0 Å². The zero-order valence-corrected chi connectivity index (χ0v) is 19.4. The van der Waals surface area contributed by atoms with Gasteiger partial charge >= 0.3 is 0 Å². The van der Waals surface area contributed by atoms with Crippen molar-refractivity contribution in [3.8, 4) is 0 Å². The largest absolute Gasteiger partial charge is 0.300 e. The van der Waals surface area contributed by atoms with Crippen molar-refractivity contribution in [2.75, 3.05) is 0 Å². The molecule has 8 unspecified atom stereocenters. The van der Waals surface area contributed by atoms with E-state index in [2.05, 4.69) is 34.6 Å². The Morgan fingerprint density at radius 1 is 0.964 bits per heavy atom. The predicted molar refractivity (Wildman–Crippen MR) is 118 cm³/mol. The second-order valence-electron chi connectivity index (χ2n) is 12.3. The summed E-state index contributed by atoms with van der Waals surface area (Å²) in [5, 5.41) is 0. The minimum absolute atomic E-state index is 0.466. The quantitative estimate of drug-likeness (QED) is 0.438. The first kappa shape index (κ1) is 20.9. The summed E-state index contributed by atoms with van der Waals surface area (Å²) in [4.78, 5) is 13.0. The van der Waals surface area contributed by atoms with Crippen LogP contribution in [0.4, 0.5) is 0 Å². The number of carbonyl (C=O) groups is 1. The molecule has 160 valence electrons. The van der Waals surface area contributed by atoms with Crippen molar-refractivity contribution >= 4 is 5.78 Å². The maximum absolute atomic E-state index is 13.0. The molecule has 0 heterocycles. The van der Waals surface area contributed by atoms with Gasteiger partial charge in [0, 0.05) is 12.8 Å². The normalized spacial score (nSPS) is 46.7. The smallest absolute Gasteiger partial charge is 0.133 e. The first-order chi connectivity index (χ1) is 13.3. The van der Waals surface area contributed by atoms with E-state index in [4.69, 9.17) is 0 Å². The lowest BCUT2D eigenvalue weighted by molar-refractivity contribution is -0.127. The number of hydrogen-bond donors (Lipinski definition) is 0. The van der Waals surface area contributed by atoms with Crippen molar-refractivity contribution in [2.45, 2.75) is 112 Å². The van der Waals surface area contributed by atoms with Crippen LogP contribution in [-0.2, 0) is 4.79 Å². The minimum atomic E-state index is 0.466. The van der Waals surface area contributed by atoms with Crippen LogP contribution in [0.1, 0.15) is 112 Å². The average molecular weight is 387 g/mol. The van der Waals surface area contributed by atoms with Gasteiger partial charge in [0.2, 0.25) is 0 Å². The van der Waals surface area contributed by atoms with Crippen molar-refractivity contribution in [1.82, 2.24) is 0 Å². The Morgan fingerprint density at radius 2 is 1.71 bits per heavy atom. The van der Waals surface area contributed by atoms with E-state index < -0.39 is 0 Å². The number of ketones is 1. The second-order valence-corrected chi connectivity index (χ2v) is 12.3. The Balaban J connectivity index is 1.33. The van der Waals surface area contributed by atoms with E-state index in [1.165, 1.54) is 64.2 Å². The SMILES string of the molecule is CCC1C2CCC(C(CC(=O)CCC3CC4CCC3(C)C(C)(C)C4)C2)C1CC. The van der Waals surface area contributed by atoms with E-state index in [1.807, 2.05) is 0 Å². The van der Waals surface area contributed by atoms with Crippen molar-refractivity contribution in [1.29, 1.82) is 0 Å². The Labute approximate surface area is 174 Å². The van der Waals surface area contributed by atoms with Crippen LogP contribution >= 0.6 is 0 Å². The summed E-state index contributed by atoms with van der Waals surface area (Å²) in [6.45, 7) is 12.3. The monoisotopic (exact) mass is 386 g/mol. The third-order valence-electron chi connectivity index (χ3n) is 10.9. The molecular formula is C27H46O. The fraction of sp³-hybridized carbons (Fsp3) is 0.963. The molecule has 0 spiro atoms. The van der Waals surface area contributed by atoms with Crippen molar-refractivity contribution in [2.24, 2.45) is 52.3 Å². The molecule has 6 rings (SSSR count). The summed E-state index contributed by atoms with van der Waals surface area (Å²) in [6.07, 6.45) is 15.5. The molecule has 0 aromatic carbocycles. The highest BCUT2D eigenvalue weighted by molar-refractivity contribution is 5.78. The van der Waals surface area contributed by atoms with Gasteiger partial charge in [0.15, 0.2) is 0 Å².